The lowest BCUT2D eigenvalue weighted by molar-refractivity contribution is -0.384. The van der Waals surface area contributed by atoms with Crippen LogP contribution in [0.25, 0.3) is 0 Å². The van der Waals surface area contributed by atoms with E-state index < -0.39 is 0 Å². The second kappa shape index (κ2) is 6.05. The number of nitro groups is 1. The summed E-state index contributed by atoms with van der Waals surface area (Å²) in [5.74, 6) is 0. The molecule has 1 saturated heterocycles. The fraction of sp³-hybridized carbons (Fsp3) is 0.400. The molecule has 2 aromatic rings. The van der Waals surface area contributed by atoms with Crippen LogP contribution in [0, 0.1) is 10.1 Å². The Morgan fingerprint density at radius 3 is 2.77 bits per heavy atom. The van der Waals surface area contributed by atoms with E-state index in [0.717, 1.165) is 37.3 Å². The van der Waals surface area contributed by atoms with E-state index in [0.29, 0.717) is 6.04 Å². The molecular weight excluding hydrogens is 282 g/mol. The van der Waals surface area contributed by atoms with Crippen LogP contribution in [0.15, 0.2) is 36.7 Å². The van der Waals surface area contributed by atoms with Crippen molar-refractivity contribution in [2.45, 2.75) is 18.9 Å². The van der Waals surface area contributed by atoms with Crippen LogP contribution in [0.1, 0.15) is 12.8 Å². The van der Waals surface area contributed by atoms with Crippen molar-refractivity contribution in [1.29, 1.82) is 0 Å². The number of aromatic nitrogens is 2. The van der Waals surface area contributed by atoms with Gasteiger partial charge in [0.25, 0.3) is 5.69 Å². The summed E-state index contributed by atoms with van der Waals surface area (Å²) in [6.45, 7) is 1.94. The molecule has 0 spiro atoms. The summed E-state index contributed by atoms with van der Waals surface area (Å²) in [6, 6.07) is 6.92. The van der Waals surface area contributed by atoms with Crippen LogP contribution < -0.4 is 10.2 Å². The number of nitrogens with zero attached hydrogens (tertiary/aromatic N) is 4. The lowest BCUT2D eigenvalue weighted by Gasteiger charge is -2.34. The summed E-state index contributed by atoms with van der Waals surface area (Å²) in [5, 5.41) is 18.4. The van der Waals surface area contributed by atoms with Gasteiger partial charge in [0.05, 0.1) is 16.8 Å². The normalized spacial score (nSPS) is 18.2. The molecule has 1 fully saturated rings. The molecule has 1 aromatic heterocycles. The first kappa shape index (κ1) is 14.4. The number of nitrogens with one attached hydrogen (secondary N) is 1. The largest absolute Gasteiger partial charge is 0.381 e. The Morgan fingerprint density at radius 1 is 1.36 bits per heavy atom. The van der Waals surface area contributed by atoms with Crippen LogP contribution >= 0.6 is 0 Å². The minimum atomic E-state index is -0.380. The molecule has 1 unspecified atom stereocenters. The summed E-state index contributed by atoms with van der Waals surface area (Å²) in [7, 11) is 1.92. The van der Waals surface area contributed by atoms with E-state index in [-0.39, 0.29) is 10.6 Å². The monoisotopic (exact) mass is 301 g/mol. The number of aryl methyl sites for hydroxylation is 1. The summed E-state index contributed by atoms with van der Waals surface area (Å²) < 4.78 is 1.81. The first-order valence-electron chi connectivity index (χ1n) is 7.36. The minimum absolute atomic E-state index is 0.117. The second-order valence-corrected chi connectivity index (χ2v) is 5.61. The van der Waals surface area contributed by atoms with Crippen molar-refractivity contribution in [1.82, 2.24) is 9.78 Å². The van der Waals surface area contributed by atoms with Crippen molar-refractivity contribution >= 4 is 17.1 Å². The number of rotatable bonds is 4. The number of non-ortho nitro benzene ring substituents is 1. The maximum absolute atomic E-state index is 10.7. The molecule has 1 N–H and O–H groups in total. The maximum atomic E-state index is 10.7. The Hall–Kier alpha value is -2.57. The van der Waals surface area contributed by atoms with E-state index in [2.05, 4.69) is 15.3 Å². The molecule has 2 heterocycles. The Balaban J connectivity index is 1.63. The average molecular weight is 301 g/mol. The Morgan fingerprint density at radius 2 is 2.14 bits per heavy atom. The standard InChI is InChI=1S/C15H19N5O2/c1-18-11-15(9-16-18)19-8-2-3-13(10-19)17-12-4-6-14(7-5-12)20(21)22/h4-7,9,11,13,17H,2-3,8,10H2,1H3. The number of hydrogen-bond donors (Lipinski definition) is 1. The zero-order valence-electron chi connectivity index (χ0n) is 12.5. The second-order valence-electron chi connectivity index (χ2n) is 5.61. The van der Waals surface area contributed by atoms with Crippen molar-refractivity contribution in [3.8, 4) is 0 Å². The molecule has 0 amide bonds. The zero-order valence-corrected chi connectivity index (χ0v) is 12.5. The van der Waals surface area contributed by atoms with Gasteiger partial charge in [0.2, 0.25) is 0 Å². The molecule has 1 aromatic carbocycles. The highest BCUT2D eigenvalue weighted by atomic mass is 16.6. The van der Waals surface area contributed by atoms with Crippen molar-refractivity contribution in [2.24, 2.45) is 7.05 Å². The van der Waals surface area contributed by atoms with Crippen LogP contribution in [-0.2, 0) is 7.05 Å². The Bertz CT molecular complexity index is 652. The van der Waals surface area contributed by atoms with Gasteiger partial charge in [-0.15, -0.1) is 0 Å². The molecule has 0 aliphatic carbocycles. The summed E-state index contributed by atoms with van der Waals surface area (Å²) in [5.41, 5.74) is 2.17. The van der Waals surface area contributed by atoms with Crippen LogP contribution in [0.3, 0.4) is 0 Å². The van der Waals surface area contributed by atoms with Gasteiger partial charge in [0.15, 0.2) is 0 Å². The van der Waals surface area contributed by atoms with Crippen LogP contribution in [0.5, 0.6) is 0 Å². The number of nitro benzene ring substituents is 1. The zero-order chi connectivity index (χ0) is 15.5. The molecular formula is C15H19N5O2. The van der Waals surface area contributed by atoms with E-state index in [4.69, 9.17) is 0 Å². The van der Waals surface area contributed by atoms with Crippen LogP contribution in [0.2, 0.25) is 0 Å². The molecule has 116 valence electrons. The lowest BCUT2D eigenvalue weighted by atomic mass is 10.0. The van der Waals surface area contributed by atoms with E-state index in [1.54, 1.807) is 12.1 Å². The molecule has 7 nitrogen and oxygen atoms in total. The molecule has 1 aliphatic heterocycles. The van der Waals surface area contributed by atoms with Gasteiger partial charge in [0.1, 0.15) is 0 Å². The lowest BCUT2D eigenvalue weighted by Crippen LogP contribution is -2.42. The van der Waals surface area contributed by atoms with Gasteiger partial charge in [-0.05, 0) is 25.0 Å². The minimum Gasteiger partial charge on any atom is -0.381 e. The number of anilines is 2. The molecule has 7 heteroatoms. The van der Waals surface area contributed by atoms with E-state index in [1.807, 2.05) is 24.1 Å². The van der Waals surface area contributed by atoms with Crippen LogP contribution in [-0.4, -0.2) is 33.8 Å². The van der Waals surface area contributed by atoms with Gasteiger partial charge in [-0.1, -0.05) is 0 Å². The smallest absolute Gasteiger partial charge is 0.269 e. The fourth-order valence-electron chi connectivity index (χ4n) is 2.82. The van der Waals surface area contributed by atoms with E-state index in [1.165, 1.54) is 12.1 Å². The topological polar surface area (TPSA) is 76.2 Å². The predicted molar refractivity (Wildman–Crippen MR) is 85.2 cm³/mol. The summed E-state index contributed by atoms with van der Waals surface area (Å²) in [4.78, 5) is 12.6. The third-order valence-electron chi connectivity index (χ3n) is 3.93. The molecule has 3 rings (SSSR count). The first-order chi connectivity index (χ1) is 10.6. The predicted octanol–water partition coefficient (Wildman–Crippen LogP) is 2.41. The number of piperidine rings is 1. The quantitative estimate of drug-likeness (QED) is 0.693. The average Bonchev–Trinajstić information content (AvgIpc) is 2.95. The SMILES string of the molecule is Cn1cc(N2CCCC(Nc3ccc([N+](=O)[O-])cc3)C2)cn1. The molecule has 1 aliphatic rings. The maximum Gasteiger partial charge on any atom is 0.269 e. The van der Waals surface area contributed by atoms with Gasteiger partial charge in [-0.25, -0.2) is 0 Å². The van der Waals surface area contributed by atoms with E-state index in [9.17, 15) is 10.1 Å². The Kier molecular flexibility index (Phi) is 3.95. The summed E-state index contributed by atoms with van der Waals surface area (Å²) in [6.07, 6.45) is 6.11. The highest BCUT2D eigenvalue weighted by molar-refractivity contribution is 5.50. The van der Waals surface area contributed by atoms with E-state index >= 15 is 0 Å². The third-order valence-corrected chi connectivity index (χ3v) is 3.93. The molecule has 1 atom stereocenters. The van der Waals surface area contributed by atoms with Gasteiger partial charge in [-0.3, -0.25) is 14.8 Å². The third kappa shape index (κ3) is 3.19. The van der Waals surface area contributed by atoms with Crippen molar-refractivity contribution in [3.05, 3.63) is 46.8 Å². The Labute approximate surface area is 128 Å². The first-order valence-corrected chi connectivity index (χ1v) is 7.36. The van der Waals surface area contributed by atoms with Crippen LogP contribution in [0.4, 0.5) is 17.1 Å². The van der Waals surface area contributed by atoms with Gasteiger partial charge in [0, 0.05) is 50.2 Å². The van der Waals surface area contributed by atoms with Gasteiger partial charge >= 0.3 is 0 Å². The highest BCUT2D eigenvalue weighted by Gasteiger charge is 2.21. The fourth-order valence-corrected chi connectivity index (χ4v) is 2.82. The number of benzene rings is 1. The molecule has 0 radical (unpaired) electrons. The molecule has 22 heavy (non-hydrogen) atoms. The summed E-state index contributed by atoms with van der Waals surface area (Å²) >= 11 is 0. The molecule has 0 bridgehead atoms. The van der Waals surface area contributed by atoms with Gasteiger partial charge in [-0.2, -0.15) is 5.10 Å². The number of hydrogen-bond acceptors (Lipinski definition) is 5. The molecule has 0 saturated carbocycles. The van der Waals surface area contributed by atoms with Crippen molar-refractivity contribution < 1.29 is 4.92 Å². The van der Waals surface area contributed by atoms with Gasteiger partial charge < -0.3 is 10.2 Å². The van der Waals surface area contributed by atoms with Crippen molar-refractivity contribution in [3.63, 3.8) is 0 Å². The highest BCUT2D eigenvalue weighted by Crippen LogP contribution is 2.22. The van der Waals surface area contributed by atoms with Crippen molar-refractivity contribution in [2.75, 3.05) is 23.3 Å².